The minimum Gasteiger partial charge on any atom is -0.497 e. The summed E-state index contributed by atoms with van der Waals surface area (Å²) in [6.07, 6.45) is 0.458. The van der Waals surface area contributed by atoms with E-state index in [1.807, 2.05) is 25.1 Å². The Morgan fingerprint density at radius 2 is 2.05 bits per heavy atom. The van der Waals surface area contributed by atoms with Gasteiger partial charge >= 0.3 is 0 Å². The zero-order valence-electron chi connectivity index (χ0n) is 11.9. The normalized spacial score (nSPS) is 11.8. The molecule has 106 valence electrons. The van der Waals surface area contributed by atoms with E-state index in [1.54, 1.807) is 21.3 Å². The Kier molecular flexibility index (Phi) is 6.15. The van der Waals surface area contributed by atoms with E-state index < -0.39 is 0 Å². The fraction of sp³-hybridized carbons (Fsp3) is 0.500. The molecule has 1 aromatic rings. The summed E-state index contributed by atoms with van der Waals surface area (Å²) in [6, 6.07) is 5.82. The summed E-state index contributed by atoms with van der Waals surface area (Å²) in [6.45, 7) is 2.66. The second-order valence-corrected chi connectivity index (χ2v) is 4.21. The average molecular weight is 266 g/mol. The van der Waals surface area contributed by atoms with Gasteiger partial charge in [-0.3, -0.25) is 4.79 Å². The van der Waals surface area contributed by atoms with Crippen LogP contribution in [0.1, 0.15) is 24.9 Å². The quantitative estimate of drug-likeness (QED) is 0.785. The van der Waals surface area contributed by atoms with Crippen molar-refractivity contribution in [2.75, 3.05) is 27.8 Å². The van der Waals surface area contributed by atoms with E-state index >= 15 is 0 Å². The van der Waals surface area contributed by atoms with Crippen LogP contribution in [-0.4, -0.2) is 33.7 Å². The number of benzene rings is 1. The minimum absolute atomic E-state index is 0.0291. The third-order valence-electron chi connectivity index (χ3n) is 2.99. The van der Waals surface area contributed by atoms with Crippen LogP contribution in [0, 0.1) is 0 Å². The van der Waals surface area contributed by atoms with E-state index in [2.05, 4.69) is 10.6 Å². The van der Waals surface area contributed by atoms with Gasteiger partial charge in [0.05, 0.1) is 14.2 Å². The highest BCUT2D eigenvalue weighted by Gasteiger charge is 2.12. The van der Waals surface area contributed by atoms with Gasteiger partial charge in [-0.1, -0.05) is 6.07 Å². The Labute approximate surface area is 114 Å². The lowest BCUT2D eigenvalue weighted by molar-refractivity contribution is -0.120. The van der Waals surface area contributed by atoms with Crippen LogP contribution in [-0.2, 0) is 4.79 Å². The molecular formula is C14H22N2O3. The van der Waals surface area contributed by atoms with Gasteiger partial charge in [-0.15, -0.1) is 0 Å². The first-order valence-corrected chi connectivity index (χ1v) is 6.28. The van der Waals surface area contributed by atoms with Crippen LogP contribution in [0.4, 0.5) is 0 Å². The molecule has 2 N–H and O–H groups in total. The highest BCUT2D eigenvalue weighted by molar-refractivity contribution is 5.75. The number of hydrogen-bond acceptors (Lipinski definition) is 4. The number of amides is 1. The Morgan fingerprint density at radius 1 is 1.32 bits per heavy atom. The molecule has 1 aromatic carbocycles. The lowest BCUT2D eigenvalue weighted by atomic mass is 10.1. The Hall–Kier alpha value is -1.75. The van der Waals surface area contributed by atoms with Crippen LogP contribution in [0.15, 0.2) is 18.2 Å². The van der Waals surface area contributed by atoms with E-state index in [9.17, 15) is 4.79 Å². The molecule has 0 bridgehead atoms. The third kappa shape index (κ3) is 4.44. The van der Waals surface area contributed by atoms with Gasteiger partial charge in [-0.25, -0.2) is 0 Å². The second-order valence-electron chi connectivity index (χ2n) is 4.21. The molecule has 0 spiro atoms. The summed E-state index contributed by atoms with van der Waals surface area (Å²) in [4.78, 5) is 11.1. The smallest absolute Gasteiger partial charge is 0.221 e. The topological polar surface area (TPSA) is 59.6 Å². The zero-order valence-corrected chi connectivity index (χ0v) is 11.9. The highest BCUT2D eigenvalue weighted by Crippen LogP contribution is 2.29. The van der Waals surface area contributed by atoms with Crippen molar-refractivity contribution in [3.8, 4) is 11.5 Å². The minimum atomic E-state index is 0.0291. The van der Waals surface area contributed by atoms with Crippen molar-refractivity contribution in [1.29, 1.82) is 0 Å². The summed E-state index contributed by atoms with van der Waals surface area (Å²) >= 11 is 0. The Balaban J connectivity index is 2.65. The molecule has 0 saturated heterocycles. The van der Waals surface area contributed by atoms with Crippen molar-refractivity contribution in [3.63, 3.8) is 0 Å². The van der Waals surface area contributed by atoms with E-state index in [0.717, 1.165) is 17.1 Å². The van der Waals surface area contributed by atoms with Crippen molar-refractivity contribution >= 4 is 5.91 Å². The number of carbonyl (C=O) groups excluding carboxylic acids is 1. The van der Waals surface area contributed by atoms with Crippen molar-refractivity contribution in [2.24, 2.45) is 0 Å². The van der Waals surface area contributed by atoms with Crippen molar-refractivity contribution in [3.05, 3.63) is 23.8 Å². The number of nitrogens with one attached hydrogen (secondary N) is 2. The van der Waals surface area contributed by atoms with Crippen LogP contribution in [0.5, 0.6) is 11.5 Å². The number of ether oxygens (including phenoxy) is 2. The third-order valence-corrected chi connectivity index (χ3v) is 2.99. The standard InChI is InChI=1S/C14H22N2O3/c1-10(16-8-7-14(17)15-2)12-6-5-11(18-3)9-13(12)19-4/h5-6,9-10,16H,7-8H2,1-4H3,(H,15,17). The van der Waals surface area contributed by atoms with Gasteiger partial charge in [0.1, 0.15) is 11.5 Å². The average Bonchev–Trinajstić information content (AvgIpc) is 2.45. The first-order valence-electron chi connectivity index (χ1n) is 6.28. The lowest BCUT2D eigenvalue weighted by Gasteiger charge is -2.17. The van der Waals surface area contributed by atoms with Gasteiger partial charge in [-0.2, -0.15) is 0 Å². The fourth-order valence-electron chi connectivity index (χ4n) is 1.81. The number of methoxy groups -OCH3 is 2. The van der Waals surface area contributed by atoms with Gasteiger partial charge in [0, 0.05) is 37.7 Å². The summed E-state index contributed by atoms with van der Waals surface area (Å²) in [5, 5.41) is 5.89. The van der Waals surface area contributed by atoms with Gasteiger partial charge < -0.3 is 20.1 Å². The van der Waals surface area contributed by atoms with Gasteiger partial charge in [-0.05, 0) is 13.0 Å². The predicted octanol–water partition coefficient (Wildman–Crippen LogP) is 1.49. The molecule has 5 heteroatoms. The van der Waals surface area contributed by atoms with Crippen molar-refractivity contribution in [1.82, 2.24) is 10.6 Å². The van der Waals surface area contributed by atoms with Gasteiger partial charge in [0.2, 0.25) is 5.91 Å². The van der Waals surface area contributed by atoms with E-state index in [4.69, 9.17) is 9.47 Å². The molecule has 5 nitrogen and oxygen atoms in total. The molecule has 0 aliphatic rings. The number of hydrogen-bond donors (Lipinski definition) is 2. The molecule has 19 heavy (non-hydrogen) atoms. The number of carbonyl (C=O) groups is 1. The monoisotopic (exact) mass is 266 g/mol. The summed E-state index contributed by atoms with van der Waals surface area (Å²) < 4.78 is 10.5. The molecule has 0 aliphatic carbocycles. The SMILES string of the molecule is CNC(=O)CCNC(C)c1ccc(OC)cc1OC. The largest absolute Gasteiger partial charge is 0.497 e. The fourth-order valence-corrected chi connectivity index (χ4v) is 1.81. The maximum absolute atomic E-state index is 11.1. The van der Waals surface area contributed by atoms with Crippen LogP contribution in [0.25, 0.3) is 0 Å². The van der Waals surface area contributed by atoms with Gasteiger partial charge in [0.15, 0.2) is 0 Å². The van der Waals surface area contributed by atoms with E-state index in [1.165, 1.54) is 0 Å². The zero-order chi connectivity index (χ0) is 14.3. The highest BCUT2D eigenvalue weighted by atomic mass is 16.5. The van der Waals surface area contributed by atoms with Crippen LogP contribution >= 0.6 is 0 Å². The van der Waals surface area contributed by atoms with Crippen LogP contribution < -0.4 is 20.1 Å². The summed E-state index contributed by atoms with van der Waals surface area (Å²) in [5.41, 5.74) is 1.04. The molecule has 0 aliphatic heterocycles. The van der Waals surface area contributed by atoms with Gasteiger partial charge in [0.25, 0.3) is 0 Å². The van der Waals surface area contributed by atoms with Crippen LogP contribution in [0.3, 0.4) is 0 Å². The molecule has 0 fully saturated rings. The van der Waals surface area contributed by atoms with E-state index in [0.29, 0.717) is 13.0 Å². The Morgan fingerprint density at radius 3 is 2.63 bits per heavy atom. The first kappa shape index (κ1) is 15.3. The van der Waals surface area contributed by atoms with Crippen LogP contribution in [0.2, 0.25) is 0 Å². The maximum Gasteiger partial charge on any atom is 0.221 e. The Bertz CT molecular complexity index is 421. The molecule has 0 radical (unpaired) electrons. The molecule has 1 rings (SSSR count). The molecule has 1 amide bonds. The second kappa shape index (κ2) is 7.63. The summed E-state index contributed by atoms with van der Waals surface area (Å²) in [7, 11) is 4.90. The first-order chi connectivity index (χ1) is 9.12. The van der Waals surface area contributed by atoms with Crippen molar-refractivity contribution in [2.45, 2.75) is 19.4 Å². The molecule has 0 saturated carbocycles. The van der Waals surface area contributed by atoms with E-state index in [-0.39, 0.29) is 11.9 Å². The summed E-state index contributed by atoms with van der Waals surface area (Å²) in [5.74, 6) is 1.57. The maximum atomic E-state index is 11.1. The van der Waals surface area contributed by atoms with Crippen molar-refractivity contribution < 1.29 is 14.3 Å². The molecule has 0 aromatic heterocycles. The molecule has 1 atom stereocenters. The molecule has 0 heterocycles. The number of rotatable bonds is 7. The molecule has 1 unspecified atom stereocenters. The predicted molar refractivity (Wildman–Crippen MR) is 74.6 cm³/mol. The lowest BCUT2D eigenvalue weighted by Crippen LogP contribution is -2.26. The molecular weight excluding hydrogens is 244 g/mol.